The Morgan fingerprint density at radius 3 is 1.96 bits per heavy atom. The minimum Gasteiger partial charge on any atom is -0.0616 e. The number of fused-ring (bicyclic) bond motifs is 8. The molecule has 5 aromatic rings. The molecule has 0 fully saturated rings. The number of hydrogen-bond donors (Lipinski definition) is 0. The van der Waals surface area contributed by atoms with E-state index >= 15 is 0 Å². The summed E-state index contributed by atoms with van der Waals surface area (Å²) in [6.45, 7) is 4.75. The first-order valence-corrected chi connectivity index (χ1v) is 9.63. The Kier molecular flexibility index (Phi) is 2.77. The quantitative estimate of drug-likeness (QED) is 0.256. The first-order chi connectivity index (χ1) is 13.1. The summed E-state index contributed by atoms with van der Waals surface area (Å²) < 4.78 is 0. The average molecular weight is 344 g/mol. The van der Waals surface area contributed by atoms with Crippen LogP contribution in [-0.4, -0.2) is 0 Å². The van der Waals surface area contributed by atoms with Gasteiger partial charge in [-0.1, -0.05) is 86.6 Å². The molecule has 0 bridgehead atoms. The summed E-state index contributed by atoms with van der Waals surface area (Å²) in [5.74, 6) is 0. The van der Waals surface area contributed by atoms with Crippen molar-refractivity contribution in [3.8, 4) is 11.1 Å². The molecule has 0 amide bonds. The lowest BCUT2D eigenvalue weighted by molar-refractivity contribution is 0.667. The Balaban J connectivity index is 1.77. The molecule has 0 N–H and O–H groups in total. The van der Waals surface area contributed by atoms with Crippen LogP contribution in [0, 0.1) is 0 Å². The maximum atomic E-state index is 2.45. The lowest BCUT2D eigenvalue weighted by Gasteiger charge is -2.23. The molecule has 0 aromatic heterocycles. The third-order valence-corrected chi connectivity index (χ3v) is 6.40. The molecule has 0 saturated carbocycles. The number of hydrogen-bond acceptors (Lipinski definition) is 0. The average Bonchev–Trinajstić information content (AvgIpc) is 2.93. The molecule has 1 aliphatic rings. The van der Waals surface area contributed by atoms with Crippen molar-refractivity contribution in [2.75, 3.05) is 0 Å². The molecule has 0 heteroatoms. The molecule has 128 valence electrons. The predicted molar refractivity (Wildman–Crippen MR) is 117 cm³/mol. The minimum atomic E-state index is -0.00331. The van der Waals surface area contributed by atoms with Crippen molar-refractivity contribution in [3.05, 3.63) is 96.1 Å². The Hall–Kier alpha value is -3.12. The molecule has 0 atom stereocenters. The van der Waals surface area contributed by atoms with Gasteiger partial charge >= 0.3 is 0 Å². The van der Waals surface area contributed by atoms with Crippen molar-refractivity contribution in [2.24, 2.45) is 0 Å². The van der Waals surface area contributed by atoms with Crippen molar-refractivity contribution in [2.45, 2.75) is 19.3 Å². The van der Waals surface area contributed by atoms with Crippen LogP contribution in [0.25, 0.3) is 43.4 Å². The van der Waals surface area contributed by atoms with E-state index in [9.17, 15) is 0 Å². The van der Waals surface area contributed by atoms with Gasteiger partial charge in [-0.05, 0) is 66.7 Å². The lowest BCUT2D eigenvalue weighted by Crippen LogP contribution is -2.15. The molecule has 0 saturated heterocycles. The largest absolute Gasteiger partial charge is 0.0616 e. The highest BCUT2D eigenvalue weighted by atomic mass is 14.4. The molecule has 1 aliphatic carbocycles. The number of benzene rings is 5. The van der Waals surface area contributed by atoms with Crippen molar-refractivity contribution in [1.82, 2.24) is 0 Å². The Bertz CT molecular complexity index is 1390. The molecular formula is C27H20. The standard InChI is InChI=1S/C27H20/c1-27(2)25-16-23-19(12-11-17-7-3-5-9-20(17)23)15-24(25)22-14-13-18-8-4-6-10-21(18)26(22)27/h3-16H,1-2H3. The van der Waals surface area contributed by atoms with Crippen LogP contribution in [-0.2, 0) is 5.41 Å². The molecule has 0 spiro atoms. The fraction of sp³-hybridized carbons (Fsp3) is 0.111. The zero-order chi connectivity index (χ0) is 18.2. The molecule has 0 nitrogen and oxygen atoms in total. The van der Waals surface area contributed by atoms with Gasteiger partial charge in [0.2, 0.25) is 0 Å². The second-order valence-electron chi connectivity index (χ2n) is 8.24. The van der Waals surface area contributed by atoms with Gasteiger partial charge in [0.05, 0.1) is 0 Å². The van der Waals surface area contributed by atoms with Gasteiger partial charge in [0.1, 0.15) is 0 Å². The first kappa shape index (κ1) is 15.0. The highest BCUT2D eigenvalue weighted by Crippen LogP contribution is 2.52. The third kappa shape index (κ3) is 1.88. The van der Waals surface area contributed by atoms with Crippen molar-refractivity contribution >= 4 is 32.3 Å². The Morgan fingerprint density at radius 1 is 0.519 bits per heavy atom. The van der Waals surface area contributed by atoms with E-state index in [0.29, 0.717) is 0 Å². The molecule has 5 aromatic carbocycles. The topological polar surface area (TPSA) is 0 Å². The van der Waals surface area contributed by atoms with Crippen LogP contribution in [0.1, 0.15) is 25.0 Å². The summed E-state index contributed by atoms with van der Waals surface area (Å²) in [4.78, 5) is 0. The summed E-state index contributed by atoms with van der Waals surface area (Å²) in [5, 5.41) is 8.04. The van der Waals surface area contributed by atoms with E-state index in [1.807, 2.05) is 0 Å². The lowest BCUT2D eigenvalue weighted by atomic mass is 9.79. The van der Waals surface area contributed by atoms with E-state index in [-0.39, 0.29) is 5.41 Å². The van der Waals surface area contributed by atoms with Gasteiger partial charge < -0.3 is 0 Å². The van der Waals surface area contributed by atoms with Gasteiger partial charge in [0.15, 0.2) is 0 Å². The van der Waals surface area contributed by atoms with Gasteiger partial charge in [-0.3, -0.25) is 0 Å². The van der Waals surface area contributed by atoms with E-state index < -0.39 is 0 Å². The monoisotopic (exact) mass is 344 g/mol. The SMILES string of the molecule is CC1(C)c2cc3c(ccc4ccccc43)cc2-c2ccc3ccccc3c21. The zero-order valence-corrected chi connectivity index (χ0v) is 15.6. The van der Waals surface area contributed by atoms with Gasteiger partial charge in [-0.2, -0.15) is 0 Å². The van der Waals surface area contributed by atoms with Gasteiger partial charge in [0, 0.05) is 5.41 Å². The fourth-order valence-electron chi connectivity index (χ4n) is 5.10. The van der Waals surface area contributed by atoms with Crippen molar-refractivity contribution in [1.29, 1.82) is 0 Å². The van der Waals surface area contributed by atoms with E-state index in [1.54, 1.807) is 0 Å². The van der Waals surface area contributed by atoms with Crippen molar-refractivity contribution < 1.29 is 0 Å². The summed E-state index contributed by atoms with van der Waals surface area (Å²) in [7, 11) is 0. The van der Waals surface area contributed by atoms with Crippen molar-refractivity contribution in [3.63, 3.8) is 0 Å². The summed E-state index contributed by atoms with van der Waals surface area (Å²) >= 11 is 0. The van der Waals surface area contributed by atoms with Gasteiger partial charge in [-0.25, -0.2) is 0 Å². The fourth-order valence-corrected chi connectivity index (χ4v) is 5.10. The third-order valence-electron chi connectivity index (χ3n) is 6.40. The molecular weight excluding hydrogens is 324 g/mol. The highest BCUT2D eigenvalue weighted by Gasteiger charge is 2.37. The zero-order valence-electron chi connectivity index (χ0n) is 15.6. The predicted octanol–water partition coefficient (Wildman–Crippen LogP) is 7.45. The normalized spacial score (nSPS) is 14.6. The molecule has 0 radical (unpaired) electrons. The first-order valence-electron chi connectivity index (χ1n) is 9.63. The van der Waals surface area contributed by atoms with Crippen LogP contribution in [0.2, 0.25) is 0 Å². The van der Waals surface area contributed by atoms with Crippen LogP contribution in [0.3, 0.4) is 0 Å². The van der Waals surface area contributed by atoms with E-state index in [1.165, 1.54) is 54.6 Å². The molecule has 6 rings (SSSR count). The highest BCUT2D eigenvalue weighted by molar-refractivity contribution is 6.10. The smallest absolute Gasteiger partial charge is 0.0165 e. The molecule has 27 heavy (non-hydrogen) atoms. The van der Waals surface area contributed by atoms with E-state index in [4.69, 9.17) is 0 Å². The van der Waals surface area contributed by atoms with Crippen LogP contribution < -0.4 is 0 Å². The summed E-state index contributed by atoms with van der Waals surface area (Å²) in [6, 6.07) is 31.4. The molecule has 0 unspecified atom stereocenters. The van der Waals surface area contributed by atoms with Crippen LogP contribution >= 0.6 is 0 Å². The van der Waals surface area contributed by atoms with E-state index in [2.05, 4.69) is 98.8 Å². The second kappa shape index (κ2) is 4.98. The van der Waals surface area contributed by atoms with Gasteiger partial charge in [0.25, 0.3) is 0 Å². The Labute approximate surface area is 159 Å². The maximum absolute atomic E-state index is 2.45. The van der Waals surface area contributed by atoms with Gasteiger partial charge in [-0.15, -0.1) is 0 Å². The maximum Gasteiger partial charge on any atom is 0.0165 e. The summed E-state index contributed by atoms with van der Waals surface area (Å²) in [6.07, 6.45) is 0. The second-order valence-corrected chi connectivity index (χ2v) is 8.24. The Morgan fingerprint density at radius 2 is 1.15 bits per heavy atom. The minimum absolute atomic E-state index is 0.00331. The van der Waals surface area contributed by atoms with Crippen LogP contribution in [0.4, 0.5) is 0 Å². The molecule has 0 aliphatic heterocycles. The molecule has 0 heterocycles. The number of rotatable bonds is 0. The van der Waals surface area contributed by atoms with Crippen LogP contribution in [0.5, 0.6) is 0 Å². The van der Waals surface area contributed by atoms with E-state index in [0.717, 1.165) is 0 Å². The van der Waals surface area contributed by atoms with Crippen LogP contribution in [0.15, 0.2) is 84.9 Å². The summed E-state index contributed by atoms with van der Waals surface area (Å²) in [5.41, 5.74) is 5.69.